The lowest BCUT2D eigenvalue weighted by molar-refractivity contribution is -0.444. The molecule has 0 unspecified atom stereocenters. The largest absolute Gasteiger partial charge is 1.00 e. The lowest BCUT2D eigenvalue weighted by Gasteiger charge is -2.01. The van der Waals surface area contributed by atoms with Gasteiger partial charge in [-0.1, -0.05) is 24.3 Å². The number of hydrogen-bond acceptors (Lipinski definition) is 4. The molecule has 0 aliphatic carbocycles. The minimum absolute atomic E-state index is 0. The number of H-pyrrole nitrogens is 1. The summed E-state index contributed by atoms with van der Waals surface area (Å²) in [5.41, 5.74) is 4.31. The standard InChI is InChI=1S/C21H19N5O.2ClH/c1-3-15(19-22-9-10-23-19)4-2-14(1)18-13-26-21(27-18)17-7-5-16(6-8-17)20-24-11-12-25-20;;/h1-8,13H,9-12H2,(H,22,23)(H,24,25);2*1H. The molecule has 2 aromatic carbocycles. The number of amidine groups is 2. The predicted molar refractivity (Wildman–Crippen MR) is 103 cm³/mol. The number of aromatic nitrogens is 1. The van der Waals surface area contributed by atoms with E-state index in [1.54, 1.807) is 0 Å². The second-order valence-corrected chi connectivity index (χ2v) is 6.62. The van der Waals surface area contributed by atoms with Gasteiger partial charge in [0.25, 0.3) is 5.84 Å². The molecule has 0 bridgehead atoms. The van der Waals surface area contributed by atoms with Crippen molar-refractivity contribution < 1.29 is 39.2 Å². The van der Waals surface area contributed by atoms with Crippen LogP contribution < -0.4 is 45.4 Å². The third kappa shape index (κ3) is 4.28. The van der Waals surface area contributed by atoms with E-state index in [4.69, 9.17) is 4.42 Å². The van der Waals surface area contributed by atoms with Gasteiger partial charge < -0.3 is 34.5 Å². The van der Waals surface area contributed by atoms with E-state index in [0.717, 1.165) is 71.8 Å². The van der Waals surface area contributed by atoms with Gasteiger partial charge in [0, 0.05) is 17.7 Å². The summed E-state index contributed by atoms with van der Waals surface area (Å²) in [4.78, 5) is 11.0. The highest BCUT2D eigenvalue weighted by molar-refractivity contribution is 6.00. The normalized spacial score (nSPS) is 14.8. The van der Waals surface area contributed by atoms with Crippen molar-refractivity contribution in [2.24, 2.45) is 4.99 Å². The quantitative estimate of drug-likeness (QED) is 0.386. The molecular weight excluding hydrogens is 409 g/mol. The maximum Gasteiger partial charge on any atom is 0.379 e. The van der Waals surface area contributed by atoms with Gasteiger partial charge >= 0.3 is 5.89 Å². The molecule has 0 fully saturated rings. The molecule has 6 nitrogen and oxygen atoms in total. The molecule has 1 aromatic heterocycles. The molecule has 0 atom stereocenters. The summed E-state index contributed by atoms with van der Waals surface area (Å²) >= 11 is 0. The van der Waals surface area contributed by atoms with Crippen molar-refractivity contribution in [3.8, 4) is 22.8 Å². The summed E-state index contributed by atoms with van der Waals surface area (Å²) in [6.45, 7) is 3.69. The number of aromatic amines is 1. The van der Waals surface area contributed by atoms with Gasteiger partial charge in [-0.3, -0.25) is 15.3 Å². The van der Waals surface area contributed by atoms with E-state index in [0.29, 0.717) is 0 Å². The maximum absolute atomic E-state index is 6.05. The number of nitrogens with zero attached hydrogens (tertiary/aromatic N) is 1. The van der Waals surface area contributed by atoms with E-state index in [2.05, 4.69) is 62.0 Å². The van der Waals surface area contributed by atoms with Crippen molar-refractivity contribution in [3.63, 3.8) is 0 Å². The topological polar surface area (TPSA) is 77.7 Å². The fourth-order valence-electron chi connectivity index (χ4n) is 3.40. The fraction of sp³-hybridized carbons (Fsp3) is 0.190. The van der Waals surface area contributed by atoms with Crippen molar-refractivity contribution >= 4 is 11.7 Å². The van der Waals surface area contributed by atoms with Gasteiger partial charge in [0.15, 0.2) is 0 Å². The summed E-state index contributed by atoms with van der Waals surface area (Å²) in [5, 5.41) is 6.64. The molecular formula is C21H21Cl2N5O. The van der Waals surface area contributed by atoms with Crippen LogP contribution in [0.2, 0.25) is 0 Å². The van der Waals surface area contributed by atoms with Crippen molar-refractivity contribution in [2.75, 3.05) is 26.2 Å². The van der Waals surface area contributed by atoms with E-state index in [1.807, 2.05) is 18.3 Å². The fourth-order valence-corrected chi connectivity index (χ4v) is 3.40. The number of hydrogen-bond donors (Lipinski definition) is 3. The zero-order valence-electron chi connectivity index (χ0n) is 15.6. The van der Waals surface area contributed by atoms with Crippen LogP contribution >= 0.6 is 0 Å². The molecule has 4 N–H and O–H groups in total. The van der Waals surface area contributed by atoms with Gasteiger partial charge in [-0.2, -0.15) is 4.98 Å². The Bertz CT molecular complexity index is 944. The van der Waals surface area contributed by atoms with Gasteiger partial charge in [-0.15, -0.1) is 0 Å². The van der Waals surface area contributed by atoms with Crippen LogP contribution in [-0.2, 0) is 0 Å². The van der Waals surface area contributed by atoms with Gasteiger partial charge in [-0.25, -0.2) is 0 Å². The molecule has 0 saturated heterocycles. The van der Waals surface area contributed by atoms with Crippen LogP contribution in [0.3, 0.4) is 0 Å². The Morgan fingerprint density at radius 3 is 2.14 bits per heavy atom. The Hall–Kier alpha value is -2.83. The van der Waals surface area contributed by atoms with Crippen LogP contribution in [-0.4, -0.2) is 37.9 Å². The maximum atomic E-state index is 6.05. The first-order valence-electron chi connectivity index (χ1n) is 9.23. The molecule has 3 heterocycles. The van der Waals surface area contributed by atoms with Crippen molar-refractivity contribution in [3.05, 3.63) is 65.9 Å². The van der Waals surface area contributed by atoms with Crippen molar-refractivity contribution in [1.82, 2.24) is 10.6 Å². The number of oxazole rings is 1. The van der Waals surface area contributed by atoms with Gasteiger partial charge in [0.1, 0.15) is 18.9 Å². The Morgan fingerprint density at radius 1 is 0.793 bits per heavy atom. The summed E-state index contributed by atoms with van der Waals surface area (Å²) < 4.78 is 6.05. The molecule has 0 amide bonds. The van der Waals surface area contributed by atoms with Gasteiger partial charge in [0.05, 0.1) is 17.7 Å². The smallest absolute Gasteiger partial charge is 0.379 e. The first-order chi connectivity index (χ1) is 13.4. The molecule has 0 spiro atoms. The average molecular weight is 430 g/mol. The first kappa shape index (κ1) is 20.9. The first-order valence-corrected chi connectivity index (χ1v) is 9.23. The van der Waals surface area contributed by atoms with Crippen LogP contribution in [0.15, 0.2) is 64.1 Å². The highest BCUT2D eigenvalue weighted by atomic mass is 35.5. The molecule has 0 saturated carbocycles. The van der Waals surface area contributed by atoms with Gasteiger partial charge in [-0.05, 0) is 24.3 Å². The second kappa shape index (κ2) is 9.11. The van der Waals surface area contributed by atoms with E-state index in [9.17, 15) is 0 Å². The zero-order valence-corrected chi connectivity index (χ0v) is 17.1. The third-order valence-corrected chi connectivity index (χ3v) is 4.83. The molecule has 2 aliphatic heterocycles. The SMILES string of the molecule is [Cl-].[Cl-].c1cc(-c2[nH+]cc(-c3ccc(C4=[NH+]CCN4)cc3)o2)ccc1C1=NCCN1. The summed E-state index contributed by atoms with van der Waals surface area (Å²) in [5.74, 6) is 3.62. The van der Waals surface area contributed by atoms with Crippen molar-refractivity contribution in [1.29, 1.82) is 0 Å². The van der Waals surface area contributed by atoms with Gasteiger partial charge in [0.2, 0.25) is 12.0 Å². The molecule has 3 aromatic rings. The lowest BCUT2D eigenvalue weighted by Crippen LogP contribution is -3.00. The number of nitrogens with one attached hydrogen (secondary N) is 4. The van der Waals surface area contributed by atoms with E-state index >= 15 is 0 Å². The van der Waals surface area contributed by atoms with Crippen LogP contribution in [0.1, 0.15) is 11.1 Å². The van der Waals surface area contributed by atoms with E-state index in [-0.39, 0.29) is 24.8 Å². The summed E-state index contributed by atoms with van der Waals surface area (Å²) in [7, 11) is 0. The lowest BCUT2D eigenvalue weighted by atomic mass is 10.1. The van der Waals surface area contributed by atoms with E-state index < -0.39 is 0 Å². The zero-order chi connectivity index (χ0) is 18.1. The molecule has 29 heavy (non-hydrogen) atoms. The Kier molecular flexibility index (Phi) is 6.56. The average Bonchev–Trinajstić information content (AvgIpc) is 3.51. The predicted octanol–water partition coefficient (Wildman–Crippen LogP) is -5.78. The number of aliphatic imine (C=N–C) groups is 1. The Balaban J connectivity index is 0.00000120. The third-order valence-electron chi connectivity index (χ3n) is 4.83. The summed E-state index contributed by atoms with van der Waals surface area (Å²) in [6, 6.07) is 16.6. The van der Waals surface area contributed by atoms with Crippen LogP contribution in [0.25, 0.3) is 22.8 Å². The number of rotatable bonds is 4. The van der Waals surface area contributed by atoms with Crippen LogP contribution in [0, 0.1) is 0 Å². The summed E-state index contributed by atoms with van der Waals surface area (Å²) in [6.07, 6.45) is 1.90. The highest BCUT2D eigenvalue weighted by Crippen LogP contribution is 2.24. The Labute approximate surface area is 181 Å². The molecule has 8 heteroatoms. The molecule has 2 aliphatic rings. The van der Waals surface area contributed by atoms with Crippen LogP contribution in [0.5, 0.6) is 0 Å². The van der Waals surface area contributed by atoms with Crippen molar-refractivity contribution in [2.45, 2.75) is 0 Å². The number of benzene rings is 2. The molecule has 5 rings (SSSR count). The minimum Gasteiger partial charge on any atom is -1.00 e. The second-order valence-electron chi connectivity index (χ2n) is 6.62. The highest BCUT2D eigenvalue weighted by Gasteiger charge is 2.18. The monoisotopic (exact) mass is 429 g/mol. The van der Waals surface area contributed by atoms with E-state index in [1.165, 1.54) is 0 Å². The number of halogens is 2. The Morgan fingerprint density at radius 2 is 1.48 bits per heavy atom. The minimum atomic E-state index is 0. The van der Waals surface area contributed by atoms with Crippen LogP contribution in [0.4, 0.5) is 0 Å². The molecule has 150 valence electrons. The molecule has 0 radical (unpaired) electrons.